The van der Waals surface area contributed by atoms with Gasteiger partial charge in [0.25, 0.3) is 0 Å². The van der Waals surface area contributed by atoms with Crippen molar-refractivity contribution in [3.05, 3.63) is 36.0 Å². The van der Waals surface area contributed by atoms with Crippen molar-refractivity contribution in [3.8, 4) is 0 Å². The van der Waals surface area contributed by atoms with Gasteiger partial charge in [-0.05, 0) is 19.1 Å². The number of anilines is 1. The van der Waals surface area contributed by atoms with E-state index in [-0.39, 0.29) is 5.69 Å². The van der Waals surface area contributed by atoms with Crippen molar-refractivity contribution >= 4 is 16.6 Å². The van der Waals surface area contributed by atoms with Crippen LogP contribution in [0.3, 0.4) is 0 Å². The van der Waals surface area contributed by atoms with Gasteiger partial charge in [0.1, 0.15) is 0 Å². The van der Waals surface area contributed by atoms with E-state index in [4.69, 9.17) is 0 Å². The van der Waals surface area contributed by atoms with Crippen molar-refractivity contribution < 1.29 is 13.2 Å². The summed E-state index contributed by atoms with van der Waals surface area (Å²) in [7, 11) is 0. The predicted molar refractivity (Wildman–Crippen MR) is 60.9 cm³/mol. The van der Waals surface area contributed by atoms with Crippen LogP contribution in [0.25, 0.3) is 10.9 Å². The first-order chi connectivity index (χ1) is 8.02. The van der Waals surface area contributed by atoms with E-state index < -0.39 is 11.9 Å². The van der Waals surface area contributed by atoms with Crippen LogP contribution in [0.5, 0.6) is 0 Å². The molecule has 0 radical (unpaired) electrons. The van der Waals surface area contributed by atoms with Gasteiger partial charge < -0.3 is 5.32 Å². The molecule has 1 heterocycles. The number of fused-ring (bicyclic) bond motifs is 1. The molecule has 0 fully saturated rings. The van der Waals surface area contributed by atoms with E-state index in [0.717, 1.165) is 0 Å². The lowest BCUT2D eigenvalue weighted by Crippen LogP contribution is -2.13. The molecule has 0 saturated heterocycles. The maximum Gasteiger partial charge on any atom is 0.435 e. The van der Waals surface area contributed by atoms with Gasteiger partial charge in [0.15, 0.2) is 5.69 Å². The van der Waals surface area contributed by atoms with Crippen LogP contribution >= 0.6 is 0 Å². The van der Waals surface area contributed by atoms with Crippen LogP contribution < -0.4 is 5.32 Å². The van der Waals surface area contributed by atoms with Gasteiger partial charge in [-0.15, -0.1) is 0 Å². The van der Waals surface area contributed by atoms with Gasteiger partial charge in [-0.1, -0.05) is 18.2 Å². The average Bonchev–Trinajstić information content (AvgIpc) is 2.27. The topological polar surface area (TPSA) is 24.9 Å². The number of benzene rings is 1. The zero-order valence-electron chi connectivity index (χ0n) is 9.17. The van der Waals surface area contributed by atoms with Gasteiger partial charge in [-0.2, -0.15) is 13.2 Å². The highest BCUT2D eigenvalue weighted by atomic mass is 19.4. The summed E-state index contributed by atoms with van der Waals surface area (Å²) in [4.78, 5) is 3.68. The fourth-order valence-electron chi connectivity index (χ4n) is 1.66. The smallest absolute Gasteiger partial charge is 0.384 e. The van der Waals surface area contributed by atoms with Gasteiger partial charge in [0, 0.05) is 11.9 Å². The fraction of sp³-hybridized carbons (Fsp3) is 0.250. The Morgan fingerprint density at radius 2 is 1.94 bits per heavy atom. The molecular weight excluding hydrogens is 229 g/mol. The van der Waals surface area contributed by atoms with Crippen molar-refractivity contribution in [3.63, 3.8) is 0 Å². The van der Waals surface area contributed by atoms with Crippen LogP contribution in [0.2, 0.25) is 0 Å². The molecule has 0 aliphatic carbocycles. The van der Waals surface area contributed by atoms with Gasteiger partial charge in [0.2, 0.25) is 0 Å². The fourth-order valence-corrected chi connectivity index (χ4v) is 1.66. The molecule has 0 aliphatic heterocycles. The molecule has 5 heteroatoms. The Hall–Kier alpha value is -1.78. The Morgan fingerprint density at radius 3 is 2.59 bits per heavy atom. The predicted octanol–water partition coefficient (Wildman–Crippen LogP) is 3.69. The number of para-hydroxylation sites is 1. The summed E-state index contributed by atoms with van der Waals surface area (Å²) >= 11 is 0. The first-order valence-electron chi connectivity index (χ1n) is 5.23. The van der Waals surface area contributed by atoms with E-state index in [0.29, 0.717) is 17.4 Å². The summed E-state index contributed by atoms with van der Waals surface area (Å²) in [5.74, 6) is 0. The minimum absolute atomic E-state index is 0.0266. The summed E-state index contributed by atoms with van der Waals surface area (Å²) in [6, 6.07) is 8.23. The molecule has 0 atom stereocenters. The number of pyridine rings is 1. The molecule has 90 valence electrons. The number of hydrogen-bond acceptors (Lipinski definition) is 2. The number of nitrogens with zero attached hydrogens (tertiary/aromatic N) is 1. The standard InChI is InChI=1S/C12H11F3N2/c1-2-16-10-7-8-5-3-4-6-9(8)17-11(10)12(13,14)15/h3-7,16H,2H2,1H3. The number of rotatable bonds is 2. The summed E-state index contributed by atoms with van der Waals surface area (Å²) < 4.78 is 38.4. The van der Waals surface area contributed by atoms with Crippen LogP contribution in [0, 0.1) is 0 Å². The van der Waals surface area contributed by atoms with Gasteiger partial charge in [0.05, 0.1) is 11.2 Å². The molecule has 0 aliphatic rings. The van der Waals surface area contributed by atoms with Crippen molar-refractivity contribution in [2.24, 2.45) is 0 Å². The molecule has 1 aromatic carbocycles. The second-order valence-electron chi connectivity index (χ2n) is 3.61. The maximum atomic E-state index is 12.8. The molecular formula is C12H11F3N2. The van der Waals surface area contributed by atoms with Crippen LogP contribution in [-0.4, -0.2) is 11.5 Å². The SMILES string of the molecule is CCNc1cc2ccccc2nc1C(F)(F)F. The highest BCUT2D eigenvalue weighted by Crippen LogP contribution is 2.34. The lowest BCUT2D eigenvalue weighted by Gasteiger charge is -2.13. The molecule has 1 N–H and O–H groups in total. The Labute approximate surface area is 96.5 Å². The molecule has 1 aromatic heterocycles. The Balaban J connectivity index is 2.66. The molecule has 17 heavy (non-hydrogen) atoms. The highest BCUT2D eigenvalue weighted by molar-refractivity contribution is 5.82. The van der Waals surface area contributed by atoms with Crippen molar-refractivity contribution in [1.29, 1.82) is 0 Å². The minimum Gasteiger partial charge on any atom is -0.384 e. The van der Waals surface area contributed by atoms with Gasteiger partial charge in [-0.3, -0.25) is 0 Å². The Bertz CT molecular complexity index is 535. The summed E-state index contributed by atoms with van der Waals surface area (Å²) in [5.41, 5.74) is -0.488. The van der Waals surface area contributed by atoms with Crippen molar-refractivity contribution in [2.45, 2.75) is 13.1 Å². The van der Waals surface area contributed by atoms with E-state index in [2.05, 4.69) is 10.3 Å². The van der Waals surface area contributed by atoms with Gasteiger partial charge in [-0.25, -0.2) is 4.98 Å². The van der Waals surface area contributed by atoms with Crippen LogP contribution in [0.4, 0.5) is 18.9 Å². The number of nitrogens with one attached hydrogen (secondary N) is 1. The Kier molecular flexibility index (Phi) is 2.92. The van der Waals surface area contributed by atoms with E-state index in [1.54, 1.807) is 31.2 Å². The van der Waals surface area contributed by atoms with E-state index in [1.165, 1.54) is 6.07 Å². The molecule has 0 spiro atoms. The molecule has 2 aromatic rings. The highest BCUT2D eigenvalue weighted by Gasteiger charge is 2.35. The van der Waals surface area contributed by atoms with Crippen LogP contribution in [-0.2, 0) is 6.18 Å². The normalized spacial score (nSPS) is 11.8. The monoisotopic (exact) mass is 240 g/mol. The molecule has 0 saturated carbocycles. The zero-order chi connectivity index (χ0) is 12.5. The second-order valence-corrected chi connectivity index (χ2v) is 3.61. The first kappa shape index (κ1) is 11.7. The number of halogens is 3. The van der Waals surface area contributed by atoms with E-state index in [9.17, 15) is 13.2 Å². The number of aromatic nitrogens is 1. The third-order valence-electron chi connectivity index (χ3n) is 2.36. The van der Waals surface area contributed by atoms with Crippen LogP contribution in [0.15, 0.2) is 30.3 Å². The zero-order valence-corrected chi connectivity index (χ0v) is 9.17. The summed E-state index contributed by atoms with van der Waals surface area (Å²) in [5, 5.41) is 3.38. The van der Waals surface area contributed by atoms with Crippen LogP contribution in [0.1, 0.15) is 12.6 Å². The molecule has 2 nitrogen and oxygen atoms in total. The first-order valence-corrected chi connectivity index (χ1v) is 5.23. The van der Waals surface area contributed by atoms with E-state index >= 15 is 0 Å². The number of alkyl halides is 3. The van der Waals surface area contributed by atoms with Crippen molar-refractivity contribution in [1.82, 2.24) is 4.98 Å². The Morgan fingerprint density at radius 1 is 1.24 bits per heavy atom. The molecule has 0 unspecified atom stereocenters. The molecule has 0 bridgehead atoms. The quantitative estimate of drug-likeness (QED) is 0.866. The minimum atomic E-state index is -4.44. The molecule has 2 rings (SSSR count). The lowest BCUT2D eigenvalue weighted by atomic mass is 10.1. The summed E-state index contributed by atoms with van der Waals surface area (Å²) in [6.45, 7) is 2.17. The second kappa shape index (κ2) is 4.24. The third-order valence-corrected chi connectivity index (χ3v) is 2.36. The van der Waals surface area contributed by atoms with E-state index in [1.807, 2.05) is 0 Å². The number of hydrogen-bond donors (Lipinski definition) is 1. The summed E-state index contributed by atoms with van der Waals surface area (Å²) in [6.07, 6.45) is -4.44. The van der Waals surface area contributed by atoms with Crippen molar-refractivity contribution in [2.75, 3.05) is 11.9 Å². The lowest BCUT2D eigenvalue weighted by molar-refractivity contribution is -0.140. The van der Waals surface area contributed by atoms with Gasteiger partial charge >= 0.3 is 6.18 Å². The average molecular weight is 240 g/mol. The molecule has 0 amide bonds. The third kappa shape index (κ3) is 2.33. The maximum absolute atomic E-state index is 12.8. The largest absolute Gasteiger partial charge is 0.435 e.